The van der Waals surface area contributed by atoms with E-state index in [-0.39, 0.29) is 30.4 Å². The smallest absolute Gasteiger partial charge is 0.308 e. The van der Waals surface area contributed by atoms with Crippen LogP contribution >= 0.6 is 0 Å². The Labute approximate surface area is 123 Å². The Morgan fingerprint density at radius 3 is 3.19 bits per heavy atom. The first-order valence-corrected chi connectivity index (χ1v) is 7.39. The molecule has 1 aromatic carbocycles. The zero-order chi connectivity index (χ0) is 14.8. The SMILES string of the molecule is COC(=O)C[C@H]1CN([C@H]2CCc3c(F)cccc32)CCO1. The number of hydrogen-bond acceptors (Lipinski definition) is 4. The highest BCUT2D eigenvalue weighted by Crippen LogP contribution is 2.37. The van der Waals surface area contributed by atoms with Crippen LogP contribution in [0.3, 0.4) is 0 Å². The predicted molar refractivity (Wildman–Crippen MR) is 75.4 cm³/mol. The number of morpholine rings is 1. The zero-order valence-corrected chi connectivity index (χ0v) is 12.2. The Morgan fingerprint density at radius 1 is 1.52 bits per heavy atom. The Balaban J connectivity index is 1.71. The van der Waals surface area contributed by atoms with Gasteiger partial charge in [0.05, 0.1) is 26.2 Å². The van der Waals surface area contributed by atoms with Gasteiger partial charge in [-0.15, -0.1) is 0 Å². The molecule has 0 N–H and O–H groups in total. The number of esters is 1. The maximum atomic E-state index is 13.8. The summed E-state index contributed by atoms with van der Waals surface area (Å²) in [6, 6.07) is 5.56. The second-order valence-electron chi connectivity index (χ2n) is 5.63. The van der Waals surface area contributed by atoms with Gasteiger partial charge in [-0.3, -0.25) is 9.69 Å². The van der Waals surface area contributed by atoms with Crippen molar-refractivity contribution in [3.63, 3.8) is 0 Å². The average molecular weight is 293 g/mol. The van der Waals surface area contributed by atoms with Crippen molar-refractivity contribution in [2.24, 2.45) is 0 Å². The van der Waals surface area contributed by atoms with Gasteiger partial charge in [0.2, 0.25) is 0 Å². The van der Waals surface area contributed by atoms with E-state index in [0.29, 0.717) is 13.2 Å². The summed E-state index contributed by atoms with van der Waals surface area (Å²) in [5.41, 5.74) is 1.94. The van der Waals surface area contributed by atoms with Crippen molar-refractivity contribution in [2.75, 3.05) is 26.8 Å². The van der Waals surface area contributed by atoms with E-state index in [1.165, 1.54) is 13.2 Å². The molecule has 1 aliphatic heterocycles. The highest BCUT2D eigenvalue weighted by molar-refractivity contribution is 5.69. The van der Waals surface area contributed by atoms with Crippen LogP contribution in [0.25, 0.3) is 0 Å². The van der Waals surface area contributed by atoms with Crippen molar-refractivity contribution in [3.05, 3.63) is 35.1 Å². The van der Waals surface area contributed by atoms with Crippen LogP contribution in [0.4, 0.5) is 4.39 Å². The number of methoxy groups -OCH3 is 1. The minimum absolute atomic E-state index is 0.102. The summed E-state index contributed by atoms with van der Waals surface area (Å²) >= 11 is 0. The maximum Gasteiger partial charge on any atom is 0.308 e. The summed E-state index contributed by atoms with van der Waals surface area (Å²) in [5.74, 6) is -0.353. The van der Waals surface area contributed by atoms with E-state index in [1.54, 1.807) is 6.07 Å². The van der Waals surface area contributed by atoms with Gasteiger partial charge in [0.25, 0.3) is 0 Å². The van der Waals surface area contributed by atoms with Crippen LogP contribution in [0, 0.1) is 5.82 Å². The number of halogens is 1. The predicted octanol–water partition coefficient (Wildman–Crippen LogP) is 2.08. The molecule has 0 bridgehead atoms. The molecule has 0 aromatic heterocycles. The summed E-state index contributed by atoms with van der Waals surface area (Å²) in [6.07, 6.45) is 1.85. The first kappa shape index (κ1) is 14.5. The maximum absolute atomic E-state index is 13.8. The van der Waals surface area contributed by atoms with Crippen molar-refractivity contribution in [3.8, 4) is 0 Å². The van der Waals surface area contributed by atoms with Crippen molar-refractivity contribution >= 4 is 5.97 Å². The summed E-state index contributed by atoms with van der Waals surface area (Å²) in [5, 5.41) is 0. The lowest BCUT2D eigenvalue weighted by atomic mass is 10.0. The molecule has 1 fully saturated rings. The van der Waals surface area contributed by atoms with Gasteiger partial charge in [-0.25, -0.2) is 4.39 Å². The van der Waals surface area contributed by atoms with Crippen LogP contribution in [0.15, 0.2) is 18.2 Å². The largest absolute Gasteiger partial charge is 0.469 e. The highest BCUT2D eigenvalue weighted by Gasteiger charge is 2.33. The standard InChI is InChI=1S/C16H20FNO3/c1-20-16(19)9-11-10-18(7-8-21-11)15-6-5-12-13(15)3-2-4-14(12)17/h2-4,11,15H,5-10H2,1H3/t11-,15-/m0/s1. The molecule has 0 amide bonds. The zero-order valence-electron chi connectivity index (χ0n) is 12.2. The van der Waals surface area contributed by atoms with E-state index in [1.807, 2.05) is 6.07 Å². The quantitative estimate of drug-likeness (QED) is 0.800. The van der Waals surface area contributed by atoms with Crippen molar-refractivity contribution in [1.82, 2.24) is 4.90 Å². The van der Waals surface area contributed by atoms with Gasteiger partial charge < -0.3 is 9.47 Å². The fraction of sp³-hybridized carbons (Fsp3) is 0.562. The van der Waals surface area contributed by atoms with Crippen molar-refractivity contribution < 1.29 is 18.7 Å². The highest BCUT2D eigenvalue weighted by atomic mass is 19.1. The molecule has 1 aromatic rings. The van der Waals surface area contributed by atoms with E-state index in [0.717, 1.165) is 30.5 Å². The fourth-order valence-corrected chi connectivity index (χ4v) is 3.39. The Morgan fingerprint density at radius 2 is 2.38 bits per heavy atom. The number of hydrogen-bond donors (Lipinski definition) is 0. The molecule has 2 aliphatic rings. The van der Waals surface area contributed by atoms with E-state index in [9.17, 15) is 9.18 Å². The van der Waals surface area contributed by atoms with E-state index in [4.69, 9.17) is 9.47 Å². The van der Waals surface area contributed by atoms with Gasteiger partial charge in [0.1, 0.15) is 5.82 Å². The van der Waals surface area contributed by atoms with Crippen LogP contribution in [0.2, 0.25) is 0 Å². The van der Waals surface area contributed by atoms with Crippen LogP contribution < -0.4 is 0 Å². The summed E-state index contributed by atoms with van der Waals surface area (Å²) in [7, 11) is 1.39. The van der Waals surface area contributed by atoms with Gasteiger partial charge in [-0.1, -0.05) is 12.1 Å². The summed E-state index contributed by atoms with van der Waals surface area (Å²) in [4.78, 5) is 13.7. The second kappa shape index (κ2) is 6.12. The molecule has 2 atom stereocenters. The first-order valence-electron chi connectivity index (χ1n) is 7.39. The number of nitrogens with zero attached hydrogens (tertiary/aromatic N) is 1. The number of carbonyl (C=O) groups is 1. The lowest BCUT2D eigenvalue weighted by molar-refractivity contribution is -0.146. The normalized spacial score (nSPS) is 25.6. The van der Waals surface area contributed by atoms with Gasteiger partial charge in [-0.05, 0) is 30.0 Å². The lowest BCUT2D eigenvalue weighted by Crippen LogP contribution is -2.44. The molecule has 114 valence electrons. The molecule has 0 radical (unpaired) electrons. The van der Waals surface area contributed by atoms with Gasteiger partial charge in [-0.2, -0.15) is 0 Å². The van der Waals surface area contributed by atoms with E-state index in [2.05, 4.69) is 4.90 Å². The Bertz CT molecular complexity index is 534. The molecule has 21 heavy (non-hydrogen) atoms. The van der Waals surface area contributed by atoms with Gasteiger partial charge in [0, 0.05) is 19.1 Å². The second-order valence-corrected chi connectivity index (χ2v) is 5.63. The molecule has 0 spiro atoms. The number of benzene rings is 1. The number of fused-ring (bicyclic) bond motifs is 1. The number of carbonyl (C=O) groups excluding carboxylic acids is 1. The molecular weight excluding hydrogens is 273 g/mol. The average Bonchev–Trinajstić information content (AvgIpc) is 2.93. The third-order valence-electron chi connectivity index (χ3n) is 4.41. The van der Waals surface area contributed by atoms with Crippen LogP contribution in [0.1, 0.15) is 30.0 Å². The van der Waals surface area contributed by atoms with Gasteiger partial charge in [0.15, 0.2) is 0 Å². The molecular formula is C16H20FNO3. The van der Waals surface area contributed by atoms with E-state index >= 15 is 0 Å². The van der Waals surface area contributed by atoms with Crippen molar-refractivity contribution in [2.45, 2.75) is 31.4 Å². The molecule has 1 saturated heterocycles. The topological polar surface area (TPSA) is 38.8 Å². The minimum Gasteiger partial charge on any atom is -0.469 e. The monoisotopic (exact) mass is 293 g/mol. The molecule has 4 nitrogen and oxygen atoms in total. The Kier molecular flexibility index (Phi) is 4.22. The fourth-order valence-electron chi connectivity index (χ4n) is 3.39. The molecule has 5 heteroatoms. The Hall–Kier alpha value is -1.46. The summed E-state index contributed by atoms with van der Waals surface area (Å²) in [6.45, 7) is 2.11. The van der Waals surface area contributed by atoms with Crippen LogP contribution in [-0.2, 0) is 20.7 Å². The minimum atomic E-state index is -0.250. The molecule has 3 rings (SSSR count). The first-order chi connectivity index (χ1) is 10.2. The summed E-state index contributed by atoms with van der Waals surface area (Å²) < 4.78 is 24.2. The van der Waals surface area contributed by atoms with Crippen LogP contribution in [-0.4, -0.2) is 43.8 Å². The molecule has 0 unspecified atom stereocenters. The molecule has 1 aliphatic carbocycles. The number of rotatable bonds is 3. The van der Waals surface area contributed by atoms with Crippen molar-refractivity contribution in [1.29, 1.82) is 0 Å². The third kappa shape index (κ3) is 2.94. The molecule has 1 heterocycles. The molecule has 0 saturated carbocycles. The van der Waals surface area contributed by atoms with Crippen LogP contribution in [0.5, 0.6) is 0 Å². The van der Waals surface area contributed by atoms with Gasteiger partial charge >= 0.3 is 5.97 Å². The number of ether oxygens (including phenoxy) is 2. The van der Waals surface area contributed by atoms with E-state index < -0.39 is 0 Å². The lowest BCUT2D eigenvalue weighted by Gasteiger charge is -2.36. The third-order valence-corrected chi connectivity index (χ3v) is 4.41.